The second-order valence-corrected chi connectivity index (χ2v) is 6.48. The summed E-state index contributed by atoms with van der Waals surface area (Å²) in [5.41, 5.74) is 2.36. The smallest absolute Gasteiger partial charge is 0.145 e. The molecule has 0 aliphatic heterocycles. The molecule has 0 N–H and O–H groups in total. The number of pyridine rings is 1. The summed E-state index contributed by atoms with van der Waals surface area (Å²) in [6.07, 6.45) is 1.74. The average molecular weight is 320 g/mol. The fraction of sp³-hybridized carbons (Fsp3) is 0.312. The molecule has 2 nitrogen and oxygen atoms in total. The van der Waals surface area contributed by atoms with E-state index < -0.39 is 0 Å². The molecule has 0 bridgehead atoms. The van der Waals surface area contributed by atoms with Crippen molar-refractivity contribution in [3.63, 3.8) is 0 Å². The molecular formula is C16H18BrNO. The van der Waals surface area contributed by atoms with Gasteiger partial charge in [0.15, 0.2) is 0 Å². The predicted octanol–water partition coefficient (Wildman–Crippen LogP) is 5.24. The van der Waals surface area contributed by atoms with Crippen LogP contribution in [0.5, 0.6) is 11.5 Å². The van der Waals surface area contributed by atoms with Crippen molar-refractivity contribution in [2.45, 2.75) is 33.1 Å². The molecule has 1 heterocycles. The van der Waals surface area contributed by atoms with Crippen LogP contribution in [0.2, 0.25) is 0 Å². The Kier molecular flexibility index (Phi) is 3.95. The van der Waals surface area contributed by atoms with E-state index in [0.29, 0.717) is 0 Å². The quantitative estimate of drug-likeness (QED) is 0.754. The summed E-state index contributed by atoms with van der Waals surface area (Å²) in [6.45, 7) is 8.53. The van der Waals surface area contributed by atoms with Crippen LogP contribution in [0.1, 0.15) is 32.0 Å². The number of aryl methyl sites for hydroxylation is 1. The zero-order valence-corrected chi connectivity index (χ0v) is 13.3. The molecule has 0 aliphatic carbocycles. The maximum atomic E-state index is 5.79. The molecule has 3 heteroatoms. The Morgan fingerprint density at radius 3 is 2.26 bits per heavy atom. The molecule has 0 amide bonds. The number of hydrogen-bond donors (Lipinski definition) is 0. The third kappa shape index (κ3) is 3.57. The SMILES string of the molecule is Cc1ccc(Oc2ccc(C(C)(C)C)c(Br)c2)cn1. The molecular weight excluding hydrogens is 302 g/mol. The van der Waals surface area contributed by atoms with Gasteiger partial charge in [-0.2, -0.15) is 0 Å². The number of benzene rings is 1. The Morgan fingerprint density at radius 1 is 1.05 bits per heavy atom. The highest BCUT2D eigenvalue weighted by molar-refractivity contribution is 9.10. The van der Waals surface area contributed by atoms with Gasteiger partial charge in [-0.15, -0.1) is 0 Å². The summed E-state index contributed by atoms with van der Waals surface area (Å²) >= 11 is 3.61. The van der Waals surface area contributed by atoms with E-state index in [9.17, 15) is 0 Å². The second kappa shape index (κ2) is 5.33. The molecule has 2 aromatic rings. The summed E-state index contributed by atoms with van der Waals surface area (Å²) < 4.78 is 6.86. The number of halogens is 1. The van der Waals surface area contributed by atoms with Crippen molar-refractivity contribution >= 4 is 15.9 Å². The lowest BCUT2D eigenvalue weighted by Crippen LogP contribution is -2.11. The van der Waals surface area contributed by atoms with E-state index in [-0.39, 0.29) is 5.41 Å². The fourth-order valence-corrected chi connectivity index (χ4v) is 2.77. The predicted molar refractivity (Wildman–Crippen MR) is 81.9 cm³/mol. The Hall–Kier alpha value is -1.35. The lowest BCUT2D eigenvalue weighted by atomic mass is 9.87. The van der Waals surface area contributed by atoms with E-state index >= 15 is 0 Å². The van der Waals surface area contributed by atoms with Crippen molar-refractivity contribution in [2.75, 3.05) is 0 Å². The van der Waals surface area contributed by atoms with Crippen LogP contribution in [0.4, 0.5) is 0 Å². The van der Waals surface area contributed by atoms with Crippen LogP contribution in [0.3, 0.4) is 0 Å². The van der Waals surface area contributed by atoms with E-state index in [4.69, 9.17) is 4.74 Å². The normalized spacial score (nSPS) is 11.4. The zero-order valence-electron chi connectivity index (χ0n) is 11.7. The Labute approximate surface area is 123 Å². The number of ether oxygens (including phenoxy) is 1. The van der Waals surface area contributed by atoms with E-state index in [1.807, 2.05) is 31.2 Å². The van der Waals surface area contributed by atoms with Crippen molar-refractivity contribution in [1.82, 2.24) is 4.98 Å². The molecule has 0 aliphatic rings. The lowest BCUT2D eigenvalue weighted by molar-refractivity contribution is 0.478. The topological polar surface area (TPSA) is 22.1 Å². The first kappa shape index (κ1) is 14.1. The standard InChI is InChI=1S/C16H18BrNO/c1-11-5-6-13(10-18-11)19-12-7-8-14(15(17)9-12)16(2,3)4/h5-10H,1-4H3. The minimum absolute atomic E-state index is 0.114. The average Bonchev–Trinajstić information content (AvgIpc) is 2.30. The Morgan fingerprint density at radius 2 is 1.74 bits per heavy atom. The van der Waals surface area contributed by atoms with E-state index in [1.165, 1.54) is 5.56 Å². The molecule has 0 spiro atoms. The van der Waals surface area contributed by atoms with E-state index in [0.717, 1.165) is 21.7 Å². The third-order valence-electron chi connectivity index (χ3n) is 2.87. The van der Waals surface area contributed by atoms with Gasteiger partial charge in [0.25, 0.3) is 0 Å². The van der Waals surface area contributed by atoms with Crippen molar-refractivity contribution in [2.24, 2.45) is 0 Å². The Balaban J connectivity index is 2.23. The number of aromatic nitrogens is 1. The van der Waals surface area contributed by atoms with Crippen molar-refractivity contribution in [3.05, 3.63) is 52.3 Å². The van der Waals surface area contributed by atoms with Crippen molar-refractivity contribution in [1.29, 1.82) is 0 Å². The number of nitrogens with zero attached hydrogens (tertiary/aromatic N) is 1. The summed E-state index contributed by atoms with van der Waals surface area (Å²) in [6, 6.07) is 9.95. The van der Waals surface area contributed by atoms with Crippen LogP contribution < -0.4 is 4.74 Å². The highest BCUT2D eigenvalue weighted by Gasteiger charge is 2.17. The monoisotopic (exact) mass is 319 g/mol. The summed E-state index contributed by atoms with van der Waals surface area (Å²) in [7, 11) is 0. The van der Waals surface area contributed by atoms with Crippen LogP contribution in [0.25, 0.3) is 0 Å². The van der Waals surface area contributed by atoms with Gasteiger partial charge in [-0.25, -0.2) is 0 Å². The van der Waals surface area contributed by atoms with Gasteiger partial charge in [-0.1, -0.05) is 42.8 Å². The minimum Gasteiger partial charge on any atom is -0.456 e. The summed E-state index contributed by atoms with van der Waals surface area (Å²) in [5.74, 6) is 1.56. The van der Waals surface area contributed by atoms with Crippen LogP contribution in [-0.4, -0.2) is 4.98 Å². The van der Waals surface area contributed by atoms with E-state index in [2.05, 4.69) is 47.8 Å². The first-order valence-electron chi connectivity index (χ1n) is 6.27. The van der Waals surface area contributed by atoms with Gasteiger partial charge in [0.05, 0.1) is 6.20 Å². The second-order valence-electron chi connectivity index (χ2n) is 5.63. The van der Waals surface area contributed by atoms with Crippen LogP contribution in [0.15, 0.2) is 41.0 Å². The van der Waals surface area contributed by atoms with Crippen LogP contribution in [0, 0.1) is 6.92 Å². The van der Waals surface area contributed by atoms with Gasteiger partial charge in [-0.05, 0) is 42.2 Å². The lowest BCUT2D eigenvalue weighted by Gasteiger charge is -2.21. The molecule has 0 saturated heterocycles. The summed E-state index contributed by atoms with van der Waals surface area (Å²) in [4.78, 5) is 4.22. The maximum absolute atomic E-state index is 5.79. The molecule has 0 fully saturated rings. The molecule has 1 aromatic heterocycles. The van der Waals surface area contributed by atoms with Gasteiger partial charge < -0.3 is 4.74 Å². The molecule has 0 saturated carbocycles. The molecule has 100 valence electrons. The van der Waals surface area contributed by atoms with Crippen LogP contribution >= 0.6 is 15.9 Å². The Bertz CT molecular complexity index is 570. The van der Waals surface area contributed by atoms with Gasteiger partial charge in [0.2, 0.25) is 0 Å². The largest absolute Gasteiger partial charge is 0.456 e. The number of rotatable bonds is 2. The van der Waals surface area contributed by atoms with Crippen LogP contribution in [-0.2, 0) is 5.41 Å². The molecule has 0 radical (unpaired) electrons. The molecule has 1 aromatic carbocycles. The van der Waals surface area contributed by atoms with E-state index in [1.54, 1.807) is 6.20 Å². The highest BCUT2D eigenvalue weighted by Crippen LogP contribution is 2.33. The molecule has 19 heavy (non-hydrogen) atoms. The van der Waals surface area contributed by atoms with Gasteiger partial charge in [0, 0.05) is 10.2 Å². The first-order valence-corrected chi connectivity index (χ1v) is 7.06. The summed E-state index contributed by atoms with van der Waals surface area (Å²) in [5, 5.41) is 0. The van der Waals surface area contributed by atoms with Crippen molar-refractivity contribution in [3.8, 4) is 11.5 Å². The maximum Gasteiger partial charge on any atom is 0.145 e. The third-order valence-corrected chi connectivity index (χ3v) is 3.52. The first-order chi connectivity index (χ1) is 8.86. The molecule has 0 atom stereocenters. The number of hydrogen-bond acceptors (Lipinski definition) is 2. The minimum atomic E-state index is 0.114. The zero-order chi connectivity index (χ0) is 14.0. The molecule has 2 rings (SSSR count). The molecule has 0 unspecified atom stereocenters. The van der Waals surface area contributed by atoms with Crippen molar-refractivity contribution < 1.29 is 4.74 Å². The van der Waals surface area contributed by atoms with Gasteiger partial charge in [-0.3, -0.25) is 4.98 Å². The highest BCUT2D eigenvalue weighted by atomic mass is 79.9. The van der Waals surface area contributed by atoms with Gasteiger partial charge >= 0.3 is 0 Å². The fourth-order valence-electron chi connectivity index (χ4n) is 1.82. The van der Waals surface area contributed by atoms with Gasteiger partial charge in [0.1, 0.15) is 11.5 Å².